The maximum Gasteiger partial charge on any atom is 0.134 e. The number of Topliss-reactive ketones (excluding diaryl/α,β-unsaturated/α-hetero) is 1. The number of carbonyl (C=O) groups excluding carboxylic acids is 1. The molecular formula is C10H19NO. The normalized spacial score (nSPS) is 29.2. The molecule has 2 heteroatoms. The van der Waals surface area contributed by atoms with Gasteiger partial charge in [-0.15, -0.1) is 0 Å². The molecular weight excluding hydrogens is 150 g/mol. The maximum atomic E-state index is 11.3. The van der Waals surface area contributed by atoms with Crippen LogP contribution in [0.5, 0.6) is 0 Å². The van der Waals surface area contributed by atoms with E-state index in [0.717, 1.165) is 19.6 Å². The minimum absolute atomic E-state index is 0.182. The van der Waals surface area contributed by atoms with Gasteiger partial charge in [-0.3, -0.25) is 4.79 Å². The molecule has 2 nitrogen and oxygen atoms in total. The van der Waals surface area contributed by atoms with Crippen LogP contribution < -0.4 is 0 Å². The fourth-order valence-electron chi connectivity index (χ4n) is 2.18. The second kappa shape index (κ2) is 3.17. The van der Waals surface area contributed by atoms with Gasteiger partial charge in [0.05, 0.1) is 0 Å². The highest BCUT2D eigenvalue weighted by Gasteiger charge is 2.40. The Bertz CT molecular complexity index is 186. The molecule has 1 aliphatic heterocycles. The van der Waals surface area contributed by atoms with E-state index < -0.39 is 0 Å². The summed E-state index contributed by atoms with van der Waals surface area (Å²) >= 11 is 0. The van der Waals surface area contributed by atoms with Gasteiger partial charge in [0.2, 0.25) is 0 Å². The van der Waals surface area contributed by atoms with E-state index in [1.807, 2.05) is 0 Å². The molecule has 1 atom stereocenters. The van der Waals surface area contributed by atoms with Crippen LogP contribution in [-0.2, 0) is 4.79 Å². The van der Waals surface area contributed by atoms with Crippen LogP contribution in [0.25, 0.3) is 0 Å². The Labute approximate surface area is 74.9 Å². The van der Waals surface area contributed by atoms with Crippen LogP contribution in [0.2, 0.25) is 0 Å². The van der Waals surface area contributed by atoms with Crippen molar-refractivity contribution in [1.29, 1.82) is 0 Å². The van der Waals surface area contributed by atoms with E-state index in [9.17, 15) is 4.79 Å². The summed E-state index contributed by atoms with van der Waals surface area (Å²) in [6.45, 7) is 11.3. The van der Waals surface area contributed by atoms with Crippen molar-refractivity contribution in [2.75, 3.05) is 19.6 Å². The molecule has 1 unspecified atom stereocenters. The third-order valence-corrected chi connectivity index (χ3v) is 2.95. The fourth-order valence-corrected chi connectivity index (χ4v) is 2.18. The molecule has 1 aliphatic rings. The molecule has 1 fully saturated rings. The first-order valence-corrected chi connectivity index (χ1v) is 4.70. The van der Waals surface area contributed by atoms with Crippen molar-refractivity contribution < 1.29 is 4.79 Å². The number of rotatable bonds is 2. The average molecular weight is 169 g/mol. The summed E-state index contributed by atoms with van der Waals surface area (Å²) < 4.78 is 0. The average Bonchev–Trinajstić information content (AvgIpc) is 2.25. The molecule has 70 valence electrons. The zero-order valence-electron chi connectivity index (χ0n) is 8.55. The van der Waals surface area contributed by atoms with E-state index in [0.29, 0.717) is 5.78 Å². The third kappa shape index (κ3) is 1.69. The fraction of sp³-hybridized carbons (Fsp3) is 0.900. The number of carbonyl (C=O) groups is 1. The molecule has 1 heterocycles. The Hall–Kier alpha value is -0.370. The van der Waals surface area contributed by atoms with E-state index >= 15 is 0 Å². The summed E-state index contributed by atoms with van der Waals surface area (Å²) in [5.74, 6) is 0.591. The molecule has 0 amide bonds. The Morgan fingerprint density at radius 2 is 2.17 bits per heavy atom. The minimum atomic E-state index is 0.182. The summed E-state index contributed by atoms with van der Waals surface area (Å²) in [4.78, 5) is 13.6. The van der Waals surface area contributed by atoms with Crippen molar-refractivity contribution in [2.24, 2.45) is 11.3 Å². The largest absolute Gasteiger partial charge is 0.302 e. The van der Waals surface area contributed by atoms with E-state index in [2.05, 4.69) is 25.7 Å². The Kier molecular flexibility index (Phi) is 2.57. The molecule has 0 radical (unpaired) electrons. The van der Waals surface area contributed by atoms with Gasteiger partial charge in [-0.1, -0.05) is 20.8 Å². The first-order valence-electron chi connectivity index (χ1n) is 4.70. The monoisotopic (exact) mass is 169 g/mol. The van der Waals surface area contributed by atoms with Crippen molar-refractivity contribution in [2.45, 2.75) is 27.7 Å². The Morgan fingerprint density at radius 1 is 1.58 bits per heavy atom. The van der Waals surface area contributed by atoms with Crippen LogP contribution in [0.4, 0.5) is 0 Å². The first-order chi connectivity index (χ1) is 5.47. The number of hydrogen-bond acceptors (Lipinski definition) is 2. The highest BCUT2D eigenvalue weighted by Crippen LogP contribution is 2.35. The van der Waals surface area contributed by atoms with Gasteiger partial charge in [0.25, 0.3) is 0 Å². The molecule has 0 aromatic heterocycles. The lowest BCUT2D eigenvalue weighted by molar-refractivity contribution is -0.122. The molecule has 12 heavy (non-hydrogen) atoms. The molecule has 1 rings (SSSR count). The quantitative estimate of drug-likeness (QED) is 0.625. The predicted molar refractivity (Wildman–Crippen MR) is 50.1 cm³/mol. The molecule has 1 saturated heterocycles. The lowest BCUT2D eigenvalue weighted by Gasteiger charge is -2.23. The van der Waals surface area contributed by atoms with Crippen molar-refractivity contribution in [1.82, 2.24) is 4.90 Å². The van der Waals surface area contributed by atoms with Gasteiger partial charge in [0, 0.05) is 19.0 Å². The predicted octanol–water partition coefficient (Wildman–Crippen LogP) is 1.55. The van der Waals surface area contributed by atoms with E-state index in [1.54, 1.807) is 6.92 Å². The Balaban J connectivity index is 2.70. The molecule has 0 N–H and O–H groups in total. The van der Waals surface area contributed by atoms with Gasteiger partial charge >= 0.3 is 0 Å². The van der Waals surface area contributed by atoms with Gasteiger partial charge in [-0.2, -0.15) is 0 Å². The van der Waals surface area contributed by atoms with Crippen molar-refractivity contribution in [3.05, 3.63) is 0 Å². The van der Waals surface area contributed by atoms with Crippen LogP contribution in [0.15, 0.2) is 0 Å². The van der Waals surface area contributed by atoms with Crippen LogP contribution in [0.1, 0.15) is 27.7 Å². The molecule has 0 spiro atoms. The number of hydrogen-bond donors (Lipinski definition) is 0. The molecule has 0 aromatic rings. The topological polar surface area (TPSA) is 20.3 Å². The van der Waals surface area contributed by atoms with Crippen LogP contribution in [0.3, 0.4) is 0 Å². The summed E-state index contributed by atoms with van der Waals surface area (Å²) in [7, 11) is 0. The standard InChI is InChI=1S/C10H19NO/c1-5-11-6-9(8(2)12)10(3,4)7-11/h9H,5-7H2,1-4H3. The minimum Gasteiger partial charge on any atom is -0.302 e. The zero-order chi connectivity index (χ0) is 9.35. The van der Waals surface area contributed by atoms with Gasteiger partial charge in [-0.25, -0.2) is 0 Å². The van der Waals surface area contributed by atoms with Crippen molar-refractivity contribution in [3.8, 4) is 0 Å². The Morgan fingerprint density at radius 3 is 2.42 bits per heavy atom. The summed E-state index contributed by atoms with van der Waals surface area (Å²) in [6, 6.07) is 0. The van der Waals surface area contributed by atoms with Crippen molar-refractivity contribution in [3.63, 3.8) is 0 Å². The second-order valence-electron chi connectivity index (χ2n) is 4.48. The summed E-state index contributed by atoms with van der Waals surface area (Å²) in [5, 5.41) is 0. The molecule has 0 saturated carbocycles. The zero-order valence-corrected chi connectivity index (χ0v) is 8.55. The SMILES string of the molecule is CCN1CC(C(C)=O)C(C)(C)C1. The first kappa shape index (κ1) is 9.72. The summed E-state index contributed by atoms with van der Waals surface area (Å²) in [5.41, 5.74) is 0.182. The second-order valence-corrected chi connectivity index (χ2v) is 4.48. The number of nitrogens with zero attached hydrogens (tertiary/aromatic N) is 1. The highest BCUT2D eigenvalue weighted by molar-refractivity contribution is 5.79. The van der Waals surface area contributed by atoms with Gasteiger partial charge in [0.15, 0.2) is 0 Å². The lowest BCUT2D eigenvalue weighted by Crippen LogP contribution is -2.27. The molecule has 0 aliphatic carbocycles. The van der Waals surface area contributed by atoms with Gasteiger partial charge < -0.3 is 4.90 Å². The lowest BCUT2D eigenvalue weighted by atomic mass is 9.80. The third-order valence-electron chi connectivity index (χ3n) is 2.95. The molecule has 0 aromatic carbocycles. The van der Waals surface area contributed by atoms with E-state index in [4.69, 9.17) is 0 Å². The number of ketones is 1. The van der Waals surface area contributed by atoms with Crippen LogP contribution in [0, 0.1) is 11.3 Å². The van der Waals surface area contributed by atoms with Crippen LogP contribution in [-0.4, -0.2) is 30.3 Å². The highest BCUT2D eigenvalue weighted by atomic mass is 16.1. The van der Waals surface area contributed by atoms with Gasteiger partial charge in [-0.05, 0) is 18.9 Å². The van der Waals surface area contributed by atoms with Crippen LogP contribution >= 0.6 is 0 Å². The maximum absolute atomic E-state index is 11.3. The van der Waals surface area contributed by atoms with E-state index in [1.165, 1.54) is 0 Å². The van der Waals surface area contributed by atoms with Crippen molar-refractivity contribution >= 4 is 5.78 Å². The van der Waals surface area contributed by atoms with E-state index in [-0.39, 0.29) is 11.3 Å². The molecule has 0 bridgehead atoms. The van der Waals surface area contributed by atoms with Gasteiger partial charge in [0.1, 0.15) is 5.78 Å². The summed E-state index contributed by atoms with van der Waals surface area (Å²) in [6.07, 6.45) is 0. The number of likely N-dealkylation sites (tertiary alicyclic amines) is 1. The smallest absolute Gasteiger partial charge is 0.134 e.